The van der Waals surface area contributed by atoms with Crippen LogP contribution in [-0.4, -0.2) is 72.1 Å². The first-order chi connectivity index (χ1) is 19.5. The van der Waals surface area contributed by atoms with Crippen molar-refractivity contribution in [3.63, 3.8) is 0 Å². The van der Waals surface area contributed by atoms with E-state index < -0.39 is 41.5 Å². The van der Waals surface area contributed by atoms with Gasteiger partial charge in [-0.25, -0.2) is 19.0 Å². The smallest absolute Gasteiger partial charge is 0.465 e. The van der Waals surface area contributed by atoms with E-state index in [-0.39, 0.29) is 40.7 Å². The summed E-state index contributed by atoms with van der Waals surface area (Å²) < 4.78 is 46.2. The highest BCUT2D eigenvalue weighted by molar-refractivity contribution is 6.33. The van der Waals surface area contributed by atoms with Crippen LogP contribution in [0.15, 0.2) is 58.1 Å². The third-order valence-electron chi connectivity index (χ3n) is 6.48. The number of H-pyrrole nitrogens is 1. The number of hydrogen-bond donors (Lipinski definition) is 2. The fraction of sp³-hybridized carbons (Fsp3) is 0.280. The van der Waals surface area contributed by atoms with Gasteiger partial charge in [-0.3, -0.25) is 19.6 Å². The second-order valence-corrected chi connectivity index (χ2v) is 9.37. The Kier molecular flexibility index (Phi) is 7.50. The average Bonchev–Trinajstić information content (AvgIpc) is 3.27. The molecule has 2 aliphatic heterocycles. The minimum atomic E-state index is -5.41. The Morgan fingerprint density at radius 1 is 1.05 bits per heavy atom. The molecular weight excluding hydrogens is 573 g/mol. The second-order valence-electron chi connectivity index (χ2n) is 8.96. The monoisotopic (exact) mass is 594 g/mol. The van der Waals surface area contributed by atoms with Crippen molar-refractivity contribution in [2.45, 2.75) is 12.5 Å². The van der Waals surface area contributed by atoms with Gasteiger partial charge in [0, 0.05) is 26.2 Å². The molecule has 12 nitrogen and oxygen atoms in total. The summed E-state index contributed by atoms with van der Waals surface area (Å²) in [5.74, 6) is -3.81. The van der Waals surface area contributed by atoms with E-state index in [0.29, 0.717) is 18.2 Å². The van der Waals surface area contributed by atoms with Gasteiger partial charge in [-0.15, -0.1) is 5.06 Å². The highest BCUT2D eigenvalue weighted by atomic mass is 35.5. The van der Waals surface area contributed by atoms with Crippen LogP contribution >= 0.6 is 11.6 Å². The van der Waals surface area contributed by atoms with Gasteiger partial charge in [0.15, 0.2) is 11.5 Å². The number of anilines is 3. The lowest BCUT2D eigenvalue weighted by Crippen LogP contribution is -2.60. The van der Waals surface area contributed by atoms with Crippen molar-refractivity contribution in [2.24, 2.45) is 0 Å². The van der Waals surface area contributed by atoms with Gasteiger partial charge in [0.1, 0.15) is 0 Å². The number of halogens is 4. The topological polar surface area (TPSA) is 129 Å². The maximum absolute atomic E-state index is 13.5. The number of aromatic nitrogens is 2. The summed E-state index contributed by atoms with van der Waals surface area (Å²) in [6, 6.07) is 11.7. The van der Waals surface area contributed by atoms with Crippen LogP contribution in [-0.2, 0) is 14.4 Å². The van der Waals surface area contributed by atoms with Crippen molar-refractivity contribution >= 4 is 40.7 Å². The van der Waals surface area contributed by atoms with E-state index in [4.69, 9.17) is 21.2 Å². The van der Waals surface area contributed by atoms with Crippen LogP contribution in [0.3, 0.4) is 0 Å². The van der Waals surface area contributed by atoms with Gasteiger partial charge in [0.2, 0.25) is 6.29 Å². The standard InChI is InChI=1S/C25H22ClF3N6O6/c1-40-21(37)14-5-4-6-15(13-14)33-20-18(19(36)31-23(33)39)34(17-8-3-2-7-16(17)26)24(32-11-9-30-10-12-32)35(20)41-22(38)25(27,28)29/h2-8,13,24,30H,9-12H2,1H3,(H,31,36,39). The fourth-order valence-corrected chi connectivity index (χ4v) is 4.97. The molecule has 41 heavy (non-hydrogen) atoms. The molecule has 1 aromatic heterocycles. The van der Waals surface area contributed by atoms with Gasteiger partial charge in [-0.05, 0) is 30.3 Å². The maximum Gasteiger partial charge on any atom is 0.493 e. The number of nitrogens with one attached hydrogen (secondary N) is 2. The first-order valence-corrected chi connectivity index (χ1v) is 12.6. The summed E-state index contributed by atoms with van der Waals surface area (Å²) in [5, 5.41) is 3.84. The lowest BCUT2D eigenvalue weighted by molar-refractivity contribution is -0.203. The van der Waals surface area contributed by atoms with Crippen molar-refractivity contribution in [3.05, 3.63) is 80.0 Å². The van der Waals surface area contributed by atoms with Gasteiger partial charge in [-0.1, -0.05) is 29.8 Å². The summed E-state index contributed by atoms with van der Waals surface area (Å²) in [5.41, 5.74) is -2.18. The molecule has 2 aromatic carbocycles. The van der Waals surface area contributed by atoms with E-state index in [9.17, 15) is 32.3 Å². The number of nitrogens with zero attached hydrogens (tertiary/aromatic N) is 4. The third-order valence-corrected chi connectivity index (χ3v) is 6.80. The number of benzene rings is 2. The number of hydrogen-bond acceptors (Lipinski definition) is 10. The van der Waals surface area contributed by atoms with Crippen LogP contribution < -0.4 is 26.5 Å². The average molecular weight is 595 g/mol. The normalized spacial score (nSPS) is 17.3. The molecule has 16 heteroatoms. The molecule has 3 aromatic rings. The molecule has 1 saturated heterocycles. The van der Waals surface area contributed by atoms with Crippen molar-refractivity contribution in [2.75, 3.05) is 43.3 Å². The van der Waals surface area contributed by atoms with E-state index in [0.717, 1.165) is 11.7 Å². The minimum Gasteiger partial charge on any atom is -0.465 e. The number of esters is 1. The highest BCUT2D eigenvalue weighted by Crippen LogP contribution is 2.45. The number of hydroxylamine groups is 1. The summed E-state index contributed by atoms with van der Waals surface area (Å²) in [4.78, 5) is 61.3. The molecule has 0 radical (unpaired) electrons. The van der Waals surface area contributed by atoms with Gasteiger partial charge < -0.3 is 14.9 Å². The van der Waals surface area contributed by atoms with Crippen molar-refractivity contribution < 1.29 is 32.3 Å². The van der Waals surface area contributed by atoms with Crippen LogP contribution in [0.25, 0.3) is 5.69 Å². The lowest BCUT2D eigenvalue weighted by Gasteiger charge is -2.41. The number of rotatable bonds is 5. The van der Waals surface area contributed by atoms with E-state index in [1.807, 2.05) is 0 Å². The van der Waals surface area contributed by atoms with E-state index in [2.05, 4.69) is 10.3 Å². The molecule has 1 atom stereocenters. The summed E-state index contributed by atoms with van der Waals surface area (Å²) >= 11 is 6.50. The molecule has 216 valence electrons. The molecule has 1 unspecified atom stereocenters. The number of alkyl halides is 3. The number of ether oxygens (including phenoxy) is 1. The number of carbonyl (C=O) groups is 2. The van der Waals surface area contributed by atoms with E-state index >= 15 is 0 Å². The number of para-hydroxylation sites is 1. The Morgan fingerprint density at radius 3 is 2.41 bits per heavy atom. The molecule has 0 spiro atoms. The summed E-state index contributed by atoms with van der Waals surface area (Å²) in [6.45, 7) is 1.38. The summed E-state index contributed by atoms with van der Waals surface area (Å²) in [7, 11) is 1.15. The van der Waals surface area contributed by atoms with Gasteiger partial charge >= 0.3 is 23.8 Å². The van der Waals surface area contributed by atoms with Crippen LogP contribution in [0, 0.1) is 0 Å². The molecule has 0 saturated carbocycles. The van der Waals surface area contributed by atoms with Crippen LogP contribution in [0.1, 0.15) is 10.4 Å². The largest absolute Gasteiger partial charge is 0.493 e. The van der Waals surface area contributed by atoms with Crippen molar-refractivity contribution in [1.29, 1.82) is 0 Å². The van der Waals surface area contributed by atoms with Crippen molar-refractivity contribution in [1.82, 2.24) is 19.8 Å². The Hall–Kier alpha value is -4.34. The zero-order valence-electron chi connectivity index (χ0n) is 21.3. The SMILES string of the molecule is COC(=O)c1cccc(-n2c3c(c(=O)[nH]c2=O)N(c2ccccc2Cl)C(N2CCNCC2)N3OC(=O)C(F)(F)F)c1. The number of methoxy groups -OCH3 is 1. The molecule has 3 heterocycles. The molecule has 5 rings (SSSR count). The van der Waals surface area contributed by atoms with Gasteiger partial charge in [0.25, 0.3) is 5.56 Å². The van der Waals surface area contributed by atoms with E-state index in [1.165, 1.54) is 41.3 Å². The fourth-order valence-electron chi connectivity index (χ4n) is 4.74. The quantitative estimate of drug-likeness (QED) is 0.424. The molecule has 2 aliphatic rings. The number of fused-ring (bicyclic) bond motifs is 1. The number of carbonyl (C=O) groups excluding carboxylic acids is 2. The Bertz CT molecular complexity index is 1620. The zero-order chi connectivity index (χ0) is 29.5. The van der Waals surface area contributed by atoms with Crippen LogP contribution in [0.2, 0.25) is 5.02 Å². The van der Waals surface area contributed by atoms with Crippen LogP contribution in [0.4, 0.5) is 30.4 Å². The predicted molar refractivity (Wildman–Crippen MR) is 140 cm³/mol. The highest BCUT2D eigenvalue weighted by Gasteiger charge is 2.51. The first kappa shape index (κ1) is 28.2. The molecule has 0 bridgehead atoms. The van der Waals surface area contributed by atoms with Crippen LogP contribution in [0.5, 0.6) is 0 Å². The van der Waals surface area contributed by atoms with Gasteiger partial charge in [0.05, 0.1) is 29.1 Å². The Balaban J connectivity index is 1.84. The second kappa shape index (κ2) is 10.9. The minimum absolute atomic E-state index is 0.00954. The lowest BCUT2D eigenvalue weighted by atomic mass is 10.2. The third kappa shape index (κ3) is 5.14. The number of piperazine rings is 1. The molecule has 0 aliphatic carbocycles. The molecular formula is C25H22ClF3N6O6. The van der Waals surface area contributed by atoms with Gasteiger partial charge in [-0.2, -0.15) is 13.2 Å². The predicted octanol–water partition coefficient (Wildman–Crippen LogP) is 2.13. The number of aromatic amines is 1. The van der Waals surface area contributed by atoms with Crippen molar-refractivity contribution in [3.8, 4) is 5.69 Å². The zero-order valence-corrected chi connectivity index (χ0v) is 22.0. The van der Waals surface area contributed by atoms with E-state index in [1.54, 1.807) is 17.0 Å². The molecule has 1 fully saturated rings. The first-order valence-electron chi connectivity index (χ1n) is 12.2. The maximum atomic E-state index is 13.5. The summed E-state index contributed by atoms with van der Waals surface area (Å²) in [6.07, 6.45) is -6.78. The Morgan fingerprint density at radius 2 is 1.76 bits per heavy atom. The molecule has 0 amide bonds. The Labute approximate surface area is 234 Å². The molecule has 2 N–H and O–H groups in total.